The van der Waals surface area contributed by atoms with E-state index in [9.17, 15) is 8.42 Å². The molecule has 0 amide bonds. The third-order valence-electron chi connectivity index (χ3n) is 5.44. The third kappa shape index (κ3) is 6.06. The fourth-order valence-corrected chi connectivity index (χ4v) is 5.91. The maximum Gasteiger partial charge on any atom is 0.125 e. The molecule has 0 unspecified atom stereocenters. The summed E-state index contributed by atoms with van der Waals surface area (Å²) >= 11 is 0. The molecule has 4 rings (SSSR count). The molecule has 0 aliphatic rings. The summed E-state index contributed by atoms with van der Waals surface area (Å²) in [5.41, 5.74) is 4.03. The van der Waals surface area contributed by atoms with E-state index < -0.39 is 27.8 Å². The van der Waals surface area contributed by atoms with Crippen LogP contribution >= 0.6 is 0 Å². The molecular weight excluding hydrogens is 458 g/mol. The molecule has 34 heavy (non-hydrogen) atoms. The van der Waals surface area contributed by atoms with Crippen LogP contribution in [0.4, 0.5) is 0 Å². The minimum absolute atomic E-state index is 0.523. The first-order valence-corrected chi connectivity index (χ1v) is 13.4. The molecule has 0 heterocycles. The van der Waals surface area contributed by atoms with Gasteiger partial charge in [0.15, 0.2) is 0 Å². The molecule has 3 nitrogen and oxygen atoms in total. The molecule has 0 aromatic heterocycles. The SMILES string of the molecule is Cc1ccc([S@](=O)/C(=C/c2ccccc2)[C@@H](N[S@](=O)c2ccc(C)cc2)c2ccccc2)cc1. The number of hydrogen-bond donors (Lipinski definition) is 1. The average Bonchev–Trinajstić information content (AvgIpc) is 2.87. The van der Waals surface area contributed by atoms with Crippen molar-refractivity contribution in [3.8, 4) is 0 Å². The monoisotopic (exact) mass is 485 g/mol. The topological polar surface area (TPSA) is 46.2 Å². The second-order valence-electron chi connectivity index (χ2n) is 8.08. The molecule has 5 heteroatoms. The van der Waals surface area contributed by atoms with Crippen molar-refractivity contribution in [3.05, 3.63) is 136 Å². The van der Waals surface area contributed by atoms with Crippen LogP contribution in [0, 0.1) is 13.8 Å². The zero-order valence-electron chi connectivity index (χ0n) is 19.2. The van der Waals surface area contributed by atoms with E-state index in [0.717, 1.165) is 22.3 Å². The van der Waals surface area contributed by atoms with Crippen molar-refractivity contribution >= 4 is 27.9 Å². The van der Waals surface area contributed by atoms with Crippen molar-refractivity contribution in [1.29, 1.82) is 0 Å². The summed E-state index contributed by atoms with van der Waals surface area (Å²) < 4.78 is 30.6. The Bertz CT molecular complexity index is 1300. The fourth-order valence-electron chi connectivity index (χ4n) is 3.53. The van der Waals surface area contributed by atoms with Crippen LogP contribution in [0.1, 0.15) is 28.3 Å². The Balaban J connectivity index is 1.81. The lowest BCUT2D eigenvalue weighted by atomic mass is 10.1. The summed E-state index contributed by atoms with van der Waals surface area (Å²) in [5, 5.41) is 0. The molecule has 0 aliphatic heterocycles. The smallest absolute Gasteiger partial charge is 0.125 e. The summed E-state index contributed by atoms with van der Waals surface area (Å²) in [6.45, 7) is 4.00. The molecule has 4 aromatic rings. The minimum atomic E-state index is -1.50. The van der Waals surface area contributed by atoms with Crippen LogP contribution in [-0.4, -0.2) is 8.42 Å². The summed E-state index contributed by atoms with van der Waals surface area (Å²) in [7, 11) is -2.98. The molecule has 172 valence electrons. The molecule has 0 saturated heterocycles. The van der Waals surface area contributed by atoms with Gasteiger partial charge in [0, 0.05) is 9.80 Å². The number of benzene rings is 4. The second-order valence-corrected chi connectivity index (χ2v) is 10.8. The molecule has 1 N–H and O–H groups in total. The van der Waals surface area contributed by atoms with E-state index in [2.05, 4.69) is 4.72 Å². The molecule has 3 atom stereocenters. The van der Waals surface area contributed by atoms with Crippen LogP contribution in [0.3, 0.4) is 0 Å². The Morgan fingerprint density at radius 1 is 0.676 bits per heavy atom. The number of aryl methyl sites for hydroxylation is 2. The lowest BCUT2D eigenvalue weighted by molar-refractivity contribution is 0.659. The molecule has 0 spiro atoms. The van der Waals surface area contributed by atoms with Crippen LogP contribution < -0.4 is 4.72 Å². The Morgan fingerprint density at radius 3 is 1.74 bits per heavy atom. The van der Waals surface area contributed by atoms with E-state index in [1.165, 1.54) is 0 Å². The summed E-state index contributed by atoms with van der Waals surface area (Å²) in [4.78, 5) is 2.02. The van der Waals surface area contributed by atoms with Gasteiger partial charge in [0.1, 0.15) is 11.0 Å². The Hall–Kier alpha value is -3.12. The van der Waals surface area contributed by atoms with Gasteiger partial charge in [-0.25, -0.2) is 13.1 Å². The van der Waals surface area contributed by atoms with E-state index in [0.29, 0.717) is 14.7 Å². The van der Waals surface area contributed by atoms with Crippen LogP contribution in [-0.2, 0) is 21.8 Å². The van der Waals surface area contributed by atoms with Crippen molar-refractivity contribution in [1.82, 2.24) is 4.72 Å². The van der Waals surface area contributed by atoms with Gasteiger partial charge in [-0.2, -0.15) is 0 Å². The van der Waals surface area contributed by atoms with Crippen molar-refractivity contribution < 1.29 is 8.42 Å². The predicted molar refractivity (Wildman–Crippen MR) is 142 cm³/mol. The zero-order chi connectivity index (χ0) is 23.9. The lowest BCUT2D eigenvalue weighted by Crippen LogP contribution is -2.27. The third-order valence-corrected chi connectivity index (χ3v) is 8.07. The fraction of sp³-hybridized carbons (Fsp3) is 0.103. The molecule has 4 aromatic carbocycles. The normalized spacial score (nSPS) is 14.4. The molecular formula is C29H27NO2S2. The highest BCUT2D eigenvalue weighted by Gasteiger charge is 2.25. The van der Waals surface area contributed by atoms with Gasteiger partial charge in [0.2, 0.25) is 0 Å². The van der Waals surface area contributed by atoms with Gasteiger partial charge in [0.25, 0.3) is 0 Å². The van der Waals surface area contributed by atoms with E-state index in [-0.39, 0.29) is 0 Å². The first-order chi connectivity index (χ1) is 16.5. The van der Waals surface area contributed by atoms with Crippen LogP contribution in [0.5, 0.6) is 0 Å². The Labute approximate surface area is 206 Å². The van der Waals surface area contributed by atoms with Gasteiger partial charge in [-0.05, 0) is 55.3 Å². The predicted octanol–water partition coefficient (Wildman–Crippen LogP) is 6.51. The van der Waals surface area contributed by atoms with E-state index in [1.54, 1.807) is 0 Å². The van der Waals surface area contributed by atoms with Crippen molar-refractivity contribution in [2.75, 3.05) is 0 Å². The standard InChI is InChI=1S/C29H27NO2S2/c1-22-13-17-26(18-14-22)33(31)28(21-24-9-5-3-6-10-24)29(25-11-7-4-8-12-25)30-34(32)27-19-15-23(2)16-20-27/h3-21,29-30H,1-2H3/b28-21+/t29-,33-,34+/m0/s1. The quantitative estimate of drug-likeness (QED) is 0.309. The number of rotatable bonds is 8. The van der Waals surface area contributed by atoms with Crippen LogP contribution in [0.2, 0.25) is 0 Å². The van der Waals surface area contributed by atoms with Crippen LogP contribution in [0.15, 0.2) is 124 Å². The molecule has 0 bridgehead atoms. The molecule has 0 radical (unpaired) electrons. The summed E-state index contributed by atoms with van der Waals surface area (Å²) in [6, 6.07) is 34.3. The van der Waals surface area contributed by atoms with Gasteiger partial charge in [-0.15, -0.1) is 0 Å². The maximum absolute atomic E-state index is 13.9. The second kappa shape index (κ2) is 11.3. The minimum Gasteiger partial charge on any atom is -0.249 e. The molecule has 0 fully saturated rings. The number of hydrogen-bond acceptors (Lipinski definition) is 2. The lowest BCUT2D eigenvalue weighted by Gasteiger charge is -2.22. The highest BCUT2D eigenvalue weighted by atomic mass is 32.2. The maximum atomic E-state index is 13.9. The van der Waals surface area contributed by atoms with E-state index in [4.69, 9.17) is 0 Å². The average molecular weight is 486 g/mol. The van der Waals surface area contributed by atoms with Gasteiger partial charge in [-0.1, -0.05) is 96.1 Å². The largest absolute Gasteiger partial charge is 0.249 e. The number of nitrogens with one attached hydrogen (secondary N) is 1. The van der Waals surface area contributed by atoms with Crippen molar-refractivity contribution in [2.45, 2.75) is 29.7 Å². The Morgan fingerprint density at radius 2 is 1.18 bits per heavy atom. The highest BCUT2D eigenvalue weighted by Crippen LogP contribution is 2.31. The summed E-state index contributed by atoms with van der Waals surface area (Å²) in [5.74, 6) is 0. The van der Waals surface area contributed by atoms with Crippen molar-refractivity contribution in [3.63, 3.8) is 0 Å². The van der Waals surface area contributed by atoms with Gasteiger partial charge < -0.3 is 0 Å². The van der Waals surface area contributed by atoms with E-state index >= 15 is 0 Å². The van der Waals surface area contributed by atoms with Crippen molar-refractivity contribution in [2.24, 2.45) is 0 Å². The van der Waals surface area contributed by atoms with Crippen LogP contribution in [0.25, 0.3) is 6.08 Å². The van der Waals surface area contributed by atoms with Gasteiger partial charge in [-0.3, -0.25) is 0 Å². The first kappa shape index (κ1) is 24.0. The molecule has 0 saturated carbocycles. The first-order valence-electron chi connectivity index (χ1n) is 11.1. The Kier molecular flexibility index (Phi) is 8.01. The van der Waals surface area contributed by atoms with Gasteiger partial charge in [0.05, 0.1) is 21.7 Å². The molecule has 0 aliphatic carbocycles. The zero-order valence-corrected chi connectivity index (χ0v) is 20.8. The summed E-state index contributed by atoms with van der Waals surface area (Å²) in [6.07, 6.45) is 1.94. The highest BCUT2D eigenvalue weighted by molar-refractivity contribution is 7.89. The van der Waals surface area contributed by atoms with Gasteiger partial charge >= 0.3 is 0 Å². The van der Waals surface area contributed by atoms with E-state index in [1.807, 2.05) is 129 Å².